The smallest absolute Gasteiger partial charge is 0.173 e. The number of nitriles is 1. The van der Waals surface area contributed by atoms with E-state index in [4.69, 9.17) is 10.00 Å². The molecule has 0 unspecified atom stereocenters. The molecule has 0 saturated carbocycles. The Bertz CT molecular complexity index is 678. The summed E-state index contributed by atoms with van der Waals surface area (Å²) in [5.74, 6) is -2.02. The Balaban J connectivity index is 2.51. The van der Waals surface area contributed by atoms with Crippen molar-refractivity contribution in [2.45, 2.75) is 0 Å². The van der Waals surface area contributed by atoms with Crippen molar-refractivity contribution in [1.29, 1.82) is 5.26 Å². The van der Waals surface area contributed by atoms with Crippen molar-refractivity contribution in [2.24, 2.45) is 0 Å². The highest BCUT2D eigenvalue weighted by Gasteiger charge is 2.15. The Kier molecular flexibility index (Phi) is 3.53. The topological polar surface area (TPSA) is 50.1 Å². The van der Waals surface area contributed by atoms with Gasteiger partial charge in [0.25, 0.3) is 0 Å². The fraction of sp³-hybridized carbons (Fsp3) is 0. The summed E-state index contributed by atoms with van der Waals surface area (Å²) in [6, 6.07) is 9.18. The van der Waals surface area contributed by atoms with Crippen molar-refractivity contribution in [1.82, 2.24) is 0 Å². The zero-order valence-electron chi connectivity index (χ0n) is 9.56. The number of carbonyl (C=O) groups excluding carboxylic acids is 1. The number of rotatable bonds is 3. The highest BCUT2D eigenvalue weighted by Crippen LogP contribution is 2.30. The Morgan fingerprint density at radius 3 is 2.47 bits per heavy atom. The maximum atomic E-state index is 13.6. The van der Waals surface area contributed by atoms with Gasteiger partial charge in [0.1, 0.15) is 23.2 Å². The van der Waals surface area contributed by atoms with Gasteiger partial charge >= 0.3 is 0 Å². The molecule has 0 radical (unpaired) electrons. The number of hydrogen-bond donors (Lipinski definition) is 0. The molecule has 0 aliphatic heterocycles. The molecular weight excluding hydrogens is 252 g/mol. The lowest BCUT2D eigenvalue weighted by Crippen LogP contribution is -1.97. The lowest BCUT2D eigenvalue weighted by molar-refractivity contribution is 0.112. The predicted molar refractivity (Wildman–Crippen MR) is 63.0 cm³/mol. The van der Waals surface area contributed by atoms with Crippen molar-refractivity contribution in [3.63, 3.8) is 0 Å². The van der Waals surface area contributed by atoms with Gasteiger partial charge in [0.05, 0.1) is 5.56 Å². The Hall–Kier alpha value is -2.74. The van der Waals surface area contributed by atoms with Crippen molar-refractivity contribution < 1.29 is 18.3 Å². The molecule has 0 fully saturated rings. The number of benzene rings is 2. The maximum Gasteiger partial charge on any atom is 0.173 e. The molecule has 0 bridgehead atoms. The van der Waals surface area contributed by atoms with Crippen LogP contribution in [-0.2, 0) is 0 Å². The molecule has 0 amide bonds. The molecule has 94 valence electrons. The second kappa shape index (κ2) is 5.27. The van der Waals surface area contributed by atoms with Crippen LogP contribution in [0.2, 0.25) is 0 Å². The Morgan fingerprint density at radius 2 is 1.79 bits per heavy atom. The van der Waals surface area contributed by atoms with Crippen molar-refractivity contribution in [3.05, 3.63) is 59.2 Å². The monoisotopic (exact) mass is 259 g/mol. The quantitative estimate of drug-likeness (QED) is 0.793. The van der Waals surface area contributed by atoms with Crippen LogP contribution in [0.3, 0.4) is 0 Å². The van der Waals surface area contributed by atoms with E-state index in [1.165, 1.54) is 24.3 Å². The molecule has 2 aromatic carbocycles. The number of hydrogen-bond acceptors (Lipinski definition) is 3. The molecule has 0 heterocycles. The third kappa shape index (κ3) is 2.43. The minimum absolute atomic E-state index is 0.0202. The number of halogens is 2. The van der Waals surface area contributed by atoms with E-state index >= 15 is 0 Å². The molecule has 0 atom stereocenters. The van der Waals surface area contributed by atoms with Gasteiger partial charge in [-0.2, -0.15) is 5.26 Å². The molecule has 2 rings (SSSR count). The molecule has 19 heavy (non-hydrogen) atoms. The highest BCUT2D eigenvalue weighted by atomic mass is 19.1. The SMILES string of the molecule is N#Cc1c(F)cccc1Oc1c(F)cccc1C=O. The van der Waals surface area contributed by atoms with E-state index in [0.717, 1.165) is 12.1 Å². The van der Waals surface area contributed by atoms with E-state index in [-0.39, 0.29) is 22.6 Å². The maximum absolute atomic E-state index is 13.6. The summed E-state index contributed by atoms with van der Waals surface area (Å²) < 4.78 is 32.1. The van der Waals surface area contributed by atoms with Crippen LogP contribution in [-0.4, -0.2) is 6.29 Å². The van der Waals surface area contributed by atoms with Gasteiger partial charge in [-0.1, -0.05) is 12.1 Å². The first-order valence-corrected chi connectivity index (χ1v) is 5.27. The zero-order chi connectivity index (χ0) is 13.8. The summed E-state index contributed by atoms with van der Waals surface area (Å²) in [6.45, 7) is 0. The van der Waals surface area contributed by atoms with Crippen LogP contribution in [0.5, 0.6) is 11.5 Å². The molecule has 3 nitrogen and oxygen atoms in total. The summed E-state index contributed by atoms with van der Waals surface area (Å²) in [7, 11) is 0. The van der Waals surface area contributed by atoms with Gasteiger partial charge in [0.15, 0.2) is 17.9 Å². The van der Waals surface area contributed by atoms with Gasteiger partial charge in [-0.25, -0.2) is 8.78 Å². The molecule has 0 aromatic heterocycles. The van der Waals surface area contributed by atoms with Gasteiger partial charge < -0.3 is 4.74 Å². The van der Waals surface area contributed by atoms with E-state index in [1.54, 1.807) is 6.07 Å². The van der Waals surface area contributed by atoms with Crippen molar-refractivity contribution in [2.75, 3.05) is 0 Å². The first-order valence-electron chi connectivity index (χ1n) is 5.27. The third-order valence-corrected chi connectivity index (χ3v) is 2.42. The zero-order valence-corrected chi connectivity index (χ0v) is 9.56. The molecule has 5 heteroatoms. The van der Waals surface area contributed by atoms with E-state index < -0.39 is 11.6 Å². The van der Waals surface area contributed by atoms with E-state index in [0.29, 0.717) is 6.29 Å². The second-order valence-electron chi connectivity index (χ2n) is 3.60. The van der Waals surface area contributed by atoms with Gasteiger partial charge in [0, 0.05) is 0 Å². The number of carbonyl (C=O) groups is 1. The number of nitrogens with zero attached hydrogens (tertiary/aromatic N) is 1. The van der Waals surface area contributed by atoms with Crippen molar-refractivity contribution in [3.8, 4) is 17.6 Å². The average molecular weight is 259 g/mol. The molecule has 0 aliphatic rings. The third-order valence-electron chi connectivity index (χ3n) is 2.42. The van der Waals surface area contributed by atoms with Crippen LogP contribution in [0.1, 0.15) is 15.9 Å². The van der Waals surface area contributed by atoms with Crippen LogP contribution >= 0.6 is 0 Å². The molecule has 0 N–H and O–H groups in total. The average Bonchev–Trinajstić information content (AvgIpc) is 2.41. The summed E-state index contributed by atoms with van der Waals surface area (Å²) in [6.07, 6.45) is 0.420. The molecular formula is C14H7F2NO2. The standard InChI is InChI=1S/C14H7F2NO2/c15-11-4-2-6-13(10(11)7-17)19-14-9(8-18)3-1-5-12(14)16/h1-6,8H. The van der Waals surface area contributed by atoms with Gasteiger partial charge in [-0.05, 0) is 24.3 Å². The summed E-state index contributed by atoms with van der Waals surface area (Å²) in [4.78, 5) is 10.8. The van der Waals surface area contributed by atoms with Gasteiger partial charge in [-0.15, -0.1) is 0 Å². The Labute approximate surface area is 107 Å². The lowest BCUT2D eigenvalue weighted by atomic mass is 10.2. The van der Waals surface area contributed by atoms with Crippen LogP contribution < -0.4 is 4.74 Å². The first-order chi connectivity index (χ1) is 9.17. The lowest BCUT2D eigenvalue weighted by Gasteiger charge is -2.10. The molecule has 0 aliphatic carbocycles. The fourth-order valence-corrected chi connectivity index (χ4v) is 1.53. The van der Waals surface area contributed by atoms with E-state index in [1.807, 2.05) is 0 Å². The second-order valence-corrected chi connectivity index (χ2v) is 3.60. The number of ether oxygens (including phenoxy) is 1. The predicted octanol–water partition coefficient (Wildman–Crippen LogP) is 3.44. The largest absolute Gasteiger partial charge is 0.452 e. The van der Waals surface area contributed by atoms with Gasteiger partial charge in [-0.3, -0.25) is 4.79 Å². The van der Waals surface area contributed by atoms with Crippen LogP contribution in [0.4, 0.5) is 8.78 Å². The number of para-hydroxylation sites is 1. The molecule has 0 spiro atoms. The van der Waals surface area contributed by atoms with Crippen molar-refractivity contribution >= 4 is 6.29 Å². The minimum atomic E-state index is -0.774. The first kappa shape index (κ1) is 12.7. The summed E-state index contributed by atoms with van der Waals surface area (Å²) in [5, 5.41) is 8.84. The minimum Gasteiger partial charge on any atom is -0.452 e. The normalized spacial score (nSPS) is 9.74. The summed E-state index contributed by atoms with van der Waals surface area (Å²) >= 11 is 0. The highest BCUT2D eigenvalue weighted by molar-refractivity contribution is 5.79. The van der Waals surface area contributed by atoms with E-state index in [2.05, 4.69) is 0 Å². The Morgan fingerprint density at radius 1 is 1.11 bits per heavy atom. The fourth-order valence-electron chi connectivity index (χ4n) is 1.53. The number of aldehydes is 1. The molecule has 0 saturated heterocycles. The van der Waals surface area contributed by atoms with Crippen LogP contribution in [0.15, 0.2) is 36.4 Å². The van der Waals surface area contributed by atoms with E-state index in [9.17, 15) is 13.6 Å². The van der Waals surface area contributed by atoms with Crippen LogP contribution in [0, 0.1) is 23.0 Å². The summed E-state index contributed by atoms with van der Waals surface area (Å²) in [5.41, 5.74) is -0.365. The molecule has 2 aromatic rings. The van der Waals surface area contributed by atoms with Gasteiger partial charge in [0.2, 0.25) is 0 Å². The van der Waals surface area contributed by atoms with Crippen LogP contribution in [0.25, 0.3) is 0 Å².